The second kappa shape index (κ2) is 5.38. The summed E-state index contributed by atoms with van der Waals surface area (Å²) in [7, 11) is 0. The van der Waals surface area contributed by atoms with Gasteiger partial charge in [0, 0.05) is 6.04 Å². The highest BCUT2D eigenvalue weighted by atomic mass is 16.2. The fourth-order valence-corrected chi connectivity index (χ4v) is 3.06. The number of nitrogens with two attached hydrogens (primary N) is 1. The third kappa shape index (κ3) is 3.01. The van der Waals surface area contributed by atoms with Crippen LogP contribution in [-0.4, -0.2) is 17.5 Å². The van der Waals surface area contributed by atoms with Gasteiger partial charge in [-0.1, -0.05) is 25.7 Å². The molecule has 0 aliphatic heterocycles. The Bertz CT molecular complexity index is 265. The second-order valence-corrected chi connectivity index (χ2v) is 6.02. The Morgan fingerprint density at radius 2 is 1.76 bits per heavy atom. The smallest absolute Gasteiger partial charge is 0.240 e. The summed E-state index contributed by atoms with van der Waals surface area (Å²) in [5.74, 6) is 0.741. The standard InChI is InChI=1S/C14H26N2O/c1-11(12-7-4-2-3-5-8-12)16-13(17)14(15)9-6-10-14/h11-12H,2-10,15H2,1H3,(H,16,17)/t11-/m0/s1. The zero-order valence-electron chi connectivity index (χ0n) is 11.0. The van der Waals surface area contributed by atoms with E-state index in [0.717, 1.165) is 19.3 Å². The van der Waals surface area contributed by atoms with Gasteiger partial charge in [-0.3, -0.25) is 4.79 Å². The fourth-order valence-electron chi connectivity index (χ4n) is 3.06. The van der Waals surface area contributed by atoms with E-state index in [2.05, 4.69) is 12.2 Å². The number of nitrogens with one attached hydrogen (secondary N) is 1. The molecule has 2 aliphatic rings. The minimum absolute atomic E-state index is 0.0838. The van der Waals surface area contributed by atoms with Crippen molar-refractivity contribution in [2.45, 2.75) is 76.3 Å². The van der Waals surface area contributed by atoms with Crippen LogP contribution in [-0.2, 0) is 4.79 Å². The highest BCUT2D eigenvalue weighted by molar-refractivity contribution is 5.87. The molecule has 98 valence electrons. The van der Waals surface area contributed by atoms with Crippen molar-refractivity contribution in [3.8, 4) is 0 Å². The largest absolute Gasteiger partial charge is 0.352 e. The van der Waals surface area contributed by atoms with Gasteiger partial charge in [-0.05, 0) is 44.9 Å². The van der Waals surface area contributed by atoms with Crippen molar-refractivity contribution in [3.63, 3.8) is 0 Å². The molecular formula is C14H26N2O. The lowest BCUT2D eigenvalue weighted by Gasteiger charge is -2.38. The number of hydrogen-bond acceptors (Lipinski definition) is 2. The summed E-state index contributed by atoms with van der Waals surface area (Å²) < 4.78 is 0. The minimum atomic E-state index is -0.543. The zero-order chi connectivity index (χ0) is 12.3. The third-order valence-corrected chi connectivity index (χ3v) is 4.66. The van der Waals surface area contributed by atoms with E-state index >= 15 is 0 Å². The van der Waals surface area contributed by atoms with Crippen LogP contribution in [0.15, 0.2) is 0 Å². The molecule has 1 atom stereocenters. The number of hydrogen-bond donors (Lipinski definition) is 2. The lowest BCUT2D eigenvalue weighted by molar-refractivity contribution is -0.130. The van der Waals surface area contributed by atoms with E-state index in [0.29, 0.717) is 12.0 Å². The normalized spacial score (nSPS) is 26.7. The third-order valence-electron chi connectivity index (χ3n) is 4.66. The molecule has 3 nitrogen and oxygen atoms in total. The number of carbonyl (C=O) groups is 1. The topological polar surface area (TPSA) is 55.1 Å². The van der Waals surface area contributed by atoms with Crippen LogP contribution >= 0.6 is 0 Å². The van der Waals surface area contributed by atoms with Crippen LogP contribution in [0.25, 0.3) is 0 Å². The van der Waals surface area contributed by atoms with E-state index in [9.17, 15) is 4.79 Å². The van der Waals surface area contributed by atoms with E-state index in [-0.39, 0.29) is 5.91 Å². The molecule has 17 heavy (non-hydrogen) atoms. The molecule has 0 aromatic rings. The molecule has 2 fully saturated rings. The van der Waals surface area contributed by atoms with Crippen molar-refractivity contribution in [2.24, 2.45) is 11.7 Å². The first kappa shape index (κ1) is 12.9. The van der Waals surface area contributed by atoms with Gasteiger partial charge in [-0.2, -0.15) is 0 Å². The molecule has 0 unspecified atom stereocenters. The molecular weight excluding hydrogens is 212 g/mol. The summed E-state index contributed by atoms with van der Waals surface area (Å²) in [6.07, 6.45) is 10.7. The van der Waals surface area contributed by atoms with Crippen molar-refractivity contribution in [1.29, 1.82) is 0 Å². The summed E-state index contributed by atoms with van der Waals surface area (Å²) >= 11 is 0. The molecule has 2 aliphatic carbocycles. The van der Waals surface area contributed by atoms with Gasteiger partial charge in [-0.15, -0.1) is 0 Å². The van der Waals surface area contributed by atoms with E-state index in [4.69, 9.17) is 5.73 Å². The zero-order valence-corrected chi connectivity index (χ0v) is 11.0. The average Bonchev–Trinajstić information content (AvgIpc) is 2.54. The minimum Gasteiger partial charge on any atom is -0.352 e. The van der Waals surface area contributed by atoms with Crippen LogP contribution in [0.5, 0.6) is 0 Å². The van der Waals surface area contributed by atoms with Crippen molar-refractivity contribution in [1.82, 2.24) is 5.32 Å². The second-order valence-electron chi connectivity index (χ2n) is 6.02. The average molecular weight is 238 g/mol. The van der Waals surface area contributed by atoms with Gasteiger partial charge in [-0.25, -0.2) is 0 Å². The van der Waals surface area contributed by atoms with Crippen LogP contribution in [0, 0.1) is 5.92 Å². The Balaban J connectivity index is 1.82. The molecule has 0 aromatic carbocycles. The predicted octanol–water partition coefficient (Wildman–Crippen LogP) is 2.34. The Kier molecular flexibility index (Phi) is 4.08. The Morgan fingerprint density at radius 3 is 2.24 bits per heavy atom. The molecule has 0 spiro atoms. The van der Waals surface area contributed by atoms with E-state index in [1.807, 2.05) is 0 Å². The summed E-state index contributed by atoms with van der Waals surface area (Å²) in [4.78, 5) is 12.0. The highest BCUT2D eigenvalue weighted by Crippen LogP contribution is 2.30. The van der Waals surface area contributed by atoms with Crippen LogP contribution in [0.4, 0.5) is 0 Å². The maximum Gasteiger partial charge on any atom is 0.240 e. The van der Waals surface area contributed by atoms with Crippen molar-refractivity contribution in [2.75, 3.05) is 0 Å². The molecule has 1 amide bonds. The van der Waals surface area contributed by atoms with E-state index < -0.39 is 5.54 Å². The molecule has 3 N–H and O–H groups in total. The first-order chi connectivity index (χ1) is 8.12. The molecule has 0 radical (unpaired) electrons. The summed E-state index contributed by atoms with van der Waals surface area (Å²) in [6, 6.07) is 0.293. The molecule has 2 saturated carbocycles. The van der Waals surface area contributed by atoms with Crippen LogP contribution < -0.4 is 11.1 Å². The number of rotatable bonds is 3. The van der Waals surface area contributed by atoms with Crippen LogP contribution in [0.1, 0.15) is 64.7 Å². The molecule has 0 aromatic heterocycles. The van der Waals surface area contributed by atoms with Gasteiger partial charge in [0.05, 0.1) is 5.54 Å². The van der Waals surface area contributed by atoms with Crippen molar-refractivity contribution in [3.05, 3.63) is 0 Å². The fraction of sp³-hybridized carbons (Fsp3) is 0.929. The van der Waals surface area contributed by atoms with Gasteiger partial charge in [0.25, 0.3) is 0 Å². The predicted molar refractivity (Wildman–Crippen MR) is 69.6 cm³/mol. The lowest BCUT2D eigenvalue weighted by atomic mass is 9.76. The number of carbonyl (C=O) groups excluding carboxylic acids is 1. The van der Waals surface area contributed by atoms with Gasteiger partial charge >= 0.3 is 0 Å². The van der Waals surface area contributed by atoms with Gasteiger partial charge < -0.3 is 11.1 Å². The first-order valence-electron chi connectivity index (χ1n) is 7.22. The van der Waals surface area contributed by atoms with Gasteiger partial charge in [0.2, 0.25) is 5.91 Å². The quantitative estimate of drug-likeness (QED) is 0.742. The maximum absolute atomic E-state index is 12.0. The monoisotopic (exact) mass is 238 g/mol. The SMILES string of the molecule is C[C@H](NC(=O)C1(N)CCC1)C1CCCCCC1. The van der Waals surface area contributed by atoms with Crippen LogP contribution in [0.2, 0.25) is 0 Å². The first-order valence-corrected chi connectivity index (χ1v) is 7.22. The molecule has 0 heterocycles. The van der Waals surface area contributed by atoms with Gasteiger partial charge in [0.1, 0.15) is 0 Å². The molecule has 3 heteroatoms. The van der Waals surface area contributed by atoms with Crippen molar-refractivity contribution >= 4 is 5.91 Å². The molecule has 2 rings (SSSR count). The summed E-state index contributed by atoms with van der Waals surface area (Å²) in [6.45, 7) is 2.15. The van der Waals surface area contributed by atoms with Crippen LogP contribution in [0.3, 0.4) is 0 Å². The summed E-state index contributed by atoms with van der Waals surface area (Å²) in [5, 5.41) is 3.16. The Morgan fingerprint density at radius 1 is 1.18 bits per heavy atom. The van der Waals surface area contributed by atoms with E-state index in [1.165, 1.54) is 38.5 Å². The molecule has 0 bridgehead atoms. The molecule has 0 saturated heterocycles. The van der Waals surface area contributed by atoms with E-state index in [1.54, 1.807) is 0 Å². The number of amides is 1. The Labute approximate surface area is 105 Å². The van der Waals surface area contributed by atoms with Gasteiger partial charge in [0.15, 0.2) is 0 Å². The highest BCUT2D eigenvalue weighted by Gasteiger charge is 2.40. The lowest BCUT2D eigenvalue weighted by Crippen LogP contribution is -2.60. The Hall–Kier alpha value is -0.570. The maximum atomic E-state index is 12.0. The van der Waals surface area contributed by atoms with Crippen molar-refractivity contribution < 1.29 is 4.79 Å². The summed E-state index contributed by atoms with van der Waals surface area (Å²) in [5.41, 5.74) is 5.50.